The van der Waals surface area contributed by atoms with Crippen molar-refractivity contribution in [2.75, 3.05) is 17.7 Å². The monoisotopic (exact) mass is 433 g/mol. The van der Waals surface area contributed by atoms with Crippen LogP contribution in [0.25, 0.3) is 0 Å². The van der Waals surface area contributed by atoms with Crippen LogP contribution >= 0.6 is 23.1 Å². The lowest BCUT2D eigenvalue weighted by Gasteiger charge is -2.12. The number of carbonyl (C=O) groups excluding carboxylic acids is 1. The zero-order valence-electron chi connectivity index (χ0n) is 16.8. The zero-order chi connectivity index (χ0) is 20.8. The minimum Gasteiger partial charge on any atom is -0.490 e. The number of carbonyl (C=O) groups is 1. The Morgan fingerprint density at radius 3 is 2.79 bits per heavy atom. The van der Waals surface area contributed by atoms with Crippen molar-refractivity contribution in [2.24, 2.45) is 7.05 Å². The molecular formula is C19H23N5O3S2. The number of ether oxygens (including phenoxy) is 2. The number of hydrogen-bond acceptors (Lipinski definition) is 8. The molecule has 154 valence electrons. The fraction of sp³-hybridized carbons (Fsp3) is 0.368. The smallest absolute Gasteiger partial charge is 0.236 e. The van der Waals surface area contributed by atoms with Gasteiger partial charge in [0.1, 0.15) is 6.61 Å². The van der Waals surface area contributed by atoms with E-state index in [0.717, 1.165) is 11.3 Å². The van der Waals surface area contributed by atoms with Crippen LogP contribution in [0.5, 0.6) is 11.5 Å². The fourth-order valence-electron chi connectivity index (χ4n) is 2.44. The van der Waals surface area contributed by atoms with Crippen molar-refractivity contribution in [3.05, 3.63) is 40.7 Å². The van der Waals surface area contributed by atoms with E-state index in [2.05, 4.69) is 20.5 Å². The first-order valence-electron chi connectivity index (χ1n) is 9.05. The molecule has 0 unspecified atom stereocenters. The van der Waals surface area contributed by atoms with Crippen LogP contribution in [-0.2, 0) is 18.4 Å². The summed E-state index contributed by atoms with van der Waals surface area (Å²) < 4.78 is 13.3. The van der Waals surface area contributed by atoms with E-state index < -0.39 is 0 Å². The molecule has 0 atom stereocenters. The molecule has 2 heterocycles. The highest BCUT2D eigenvalue weighted by molar-refractivity contribution is 7.99. The van der Waals surface area contributed by atoms with E-state index in [4.69, 9.17) is 9.47 Å². The van der Waals surface area contributed by atoms with Gasteiger partial charge in [-0.25, -0.2) is 4.98 Å². The Hall–Kier alpha value is -2.59. The second-order valence-corrected chi connectivity index (χ2v) is 8.06. The van der Waals surface area contributed by atoms with Crippen LogP contribution in [0.1, 0.15) is 24.0 Å². The van der Waals surface area contributed by atoms with Gasteiger partial charge in [-0.1, -0.05) is 17.8 Å². The highest BCUT2D eigenvalue weighted by Crippen LogP contribution is 2.29. The summed E-state index contributed by atoms with van der Waals surface area (Å²) in [6.07, 6.45) is 0. The van der Waals surface area contributed by atoms with Crippen molar-refractivity contribution < 1.29 is 14.3 Å². The molecule has 3 aromatic rings. The van der Waals surface area contributed by atoms with Gasteiger partial charge in [0.15, 0.2) is 27.6 Å². The lowest BCUT2D eigenvalue weighted by molar-refractivity contribution is -0.113. The maximum atomic E-state index is 12.1. The zero-order valence-corrected chi connectivity index (χ0v) is 18.4. The number of rotatable bonds is 9. The Kier molecular flexibility index (Phi) is 7.10. The number of nitrogens with one attached hydrogen (secondary N) is 1. The third-order valence-electron chi connectivity index (χ3n) is 3.88. The number of aryl methyl sites for hydroxylation is 2. The summed E-state index contributed by atoms with van der Waals surface area (Å²) in [4.78, 5) is 16.3. The molecule has 3 rings (SSSR count). The van der Waals surface area contributed by atoms with E-state index in [9.17, 15) is 4.79 Å². The van der Waals surface area contributed by atoms with Gasteiger partial charge in [-0.05, 0) is 38.5 Å². The van der Waals surface area contributed by atoms with Gasteiger partial charge in [-0.3, -0.25) is 4.79 Å². The summed E-state index contributed by atoms with van der Waals surface area (Å²) in [6.45, 7) is 6.64. The molecule has 1 aromatic carbocycles. The third kappa shape index (κ3) is 5.70. The predicted octanol–water partition coefficient (Wildman–Crippen LogP) is 3.60. The third-order valence-corrected chi connectivity index (χ3v) is 5.77. The maximum absolute atomic E-state index is 12.1. The molecule has 1 N–H and O–H groups in total. The summed E-state index contributed by atoms with van der Waals surface area (Å²) in [5, 5.41) is 14.2. The van der Waals surface area contributed by atoms with Crippen LogP contribution in [0.3, 0.4) is 0 Å². The summed E-state index contributed by atoms with van der Waals surface area (Å²) in [7, 11) is 1.85. The van der Waals surface area contributed by atoms with Gasteiger partial charge in [0.25, 0.3) is 0 Å². The first-order valence-corrected chi connectivity index (χ1v) is 10.9. The van der Waals surface area contributed by atoms with Crippen LogP contribution in [0.4, 0.5) is 5.13 Å². The molecule has 1 amide bonds. The van der Waals surface area contributed by atoms with Crippen molar-refractivity contribution in [3.63, 3.8) is 0 Å². The van der Waals surface area contributed by atoms with E-state index in [1.165, 1.54) is 23.1 Å². The Morgan fingerprint density at radius 2 is 2.07 bits per heavy atom. The van der Waals surface area contributed by atoms with E-state index in [1.807, 2.05) is 56.0 Å². The molecule has 0 aliphatic carbocycles. The Labute approximate surface area is 177 Å². The van der Waals surface area contributed by atoms with Crippen LogP contribution < -0.4 is 14.8 Å². The van der Waals surface area contributed by atoms with Gasteiger partial charge in [0, 0.05) is 12.4 Å². The van der Waals surface area contributed by atoms with E-state index in [1.54, 1.807) is 0 Å². The second-order valence-electron chi connectivity index (χ2n) is 6.26. The van der Waals surface area contributed by atoms with Crippen molar-refractivity contribution >= 4 is 34.1 Å². The quantitative estimate of drug-likeness (QED) is 0.516. The Balaban J connectivity index is 1.56. The maximum Gasteiger partial charge on any atom is 0.236 e. The number of nitrogens with zero attached hydrogens (tertiary/aromatic N) is 4. The summed E-state index contributed by atoms with van der Waals surface area (Å²) in [5.74, 6) is 2.11. The van der Waals surface area contributed by atoms with E-state index in [-0.39, 0.29) is 18.3 Å². The molecule has 0 saturated heterocycles. The van der Waals surface area contributed by atoms with Gasteiger partial charge in [-0.15, -0.1) is 21.5 Å². The fourth-order valence-corrected chi connectivity index (χ4v) is 3.87. The van der Waals surface area contributed by atoms with Gasteiger partial charge in [-0.2, -0.15) is 0 Å². The number of aromatic nitrogens is 4. The van der Waals surface area contributed by atoms with Crippen molar-refractivity contribution in [1.82, 2.24) is 19.7 Å². The number of hydrogen-bond donors (Lipinski definition) is 1. The normalized spacial score (nSPS) is 10.8. The summed E-state index contributed by atoms with van der Waals surface area (Å²) in [5.41, 5.74) is 1.99. The van der Waals surface area contributed by atoms with Crippen LogP contribution in [0, 0.1) is 13.8 Å². The van der Waals surface area contributed by atoms with Crippen LogP contribution in [0.2, 0.25) is 0 Å². The minimum absolute atomic E-state index is 0.133. The lowest BCUT2D eigenvalue weighted by Crippen LogP contribution is -2.14. The lowest BCUT2D eigenvalue weighted by atomic mass is 10.2. The summed E-state index contributed by atoms with van der Waals surface area (Å²) in [6, 6.07) is 5.80. The standard InChI is InChI=1S/C19H23N5O3S2/c1-5-26-15-8-12(2)6-7-14(15)27-9-16-22-23-19(24(16)4)29-11-17(25)21-18-20-13(3)10-28-18/h6-8,10H,5,9,11H2,1-4H3,(H,20,21,25). The Bertz CT molecular complexity index is 986. The molecular weight excluding hydrogens is 410 g/mol. The second kappa shape index (κ2) is 9.75. The van der Waals surface area contributed by atoms with Gasteiger partial charge < -0.3 is 19.4 Å². The molecule has 0 bridgehead atoms. The number of anilines is 1. The molecule has 0 aliphatic rings. The molecule has 0 aliphatic heterocycles. The molecule has 29 heavy (non-hydrogen) atoms. The minimum atomic E-state index is -0.133. The SMILES string of the molecule is CCOc1cc(C)ccc1OCc1nnc(SCC(=O)Nc2nc(C)cs2)n1C. The summed E-state index contributed by atoms with van der Waals surface area (Å²) >= 11 is 2.72. The van der Waals surface area contributed by atoms with Gasteiger partial charge >= 0.3 is 0 Å². The number of benzene rings is 1. The number of thioether (sulfide) groups is 1. The number of amides is 1. The van der Waals surface area contributed by atoms with Crippen molar-refractivity contribution in [3.8, 4) is 11.5 Å². The molecule has 0 radical (unpaired) electrons. The van der Waals surface area contributed by atoms with Gasteiger partial charge in [0.05, 0.1) is 18.1 Å². The first kappa shape index (κ1) is 21.1. The molecule has 0 spiro atoms. The van der Waals surface area contributed by atoms with Crippen LogP contribution in [-0.4, -0.2) is 38.0 Å². The van der Waals surface area contributed by atoms with Crippen molar-refractivity contribution in [1.29, 1.82) is 0 Å². The predicted molar refractivity (Wildman–Crippen MR) is 114 cm³/mol. The average molecular weight is 434 g/mol. The highest BCUT2D eigenvalue weighted by Gasteiger charge is 2.14. The highest BCUT2D eigenvalue weighted by atomic mass is 32.2. The average Bonchev–Trinajstić information content (AvgIpc) is 3.25. The molecule has 0 fully saturated rings. The molecule has 2 aromatic heterocycles. The van der Waals surface area contributed by atoms with Crippen molar-refractivity contribution in [2.45, 2.75) is 32.5 Å². The van der Waals surface area contributed by atoms with E-state index in [0.29, 0.717) is 34.2 Å². The molecule has 0 saturated carbocycles. The van der Waals surface area contributed by atoms with Gasteiger partial charge in [0.2, 0.25) is 5.91 Å². The van der Waals surface area contributed by atoms with Crippen LogP contribution in [0.15, 0.2) is 28.7 Å². The topological polar surface area (TPSA) is 91.2 Å². The van der Waals surface area contributed by atoms with E-state index >= 15 is 0 Å². The molecule has 8 nitrogen and oxygen atoms in total. The largest absolute Gasteiger partial charge is 0.490 e. The number of thiazole rings is 1. The molecule has 10 heteroatoms. The Morgan fingerprint density at radius 1 is 1.24 bits per heavy atom. The first-order chi connectivity index (χ1) is 14.0.